The highest BCUT2D eigenvalue weighted by Crippen LogP contribution is 2.41. The SMILES string of the molecule is CC1CCN(c2nnc(SCC(=O)NC3CCOc4ccccc43)n2C2CC2)CC1. The number of nitrogens with one attached hydrogen (secondary N) is 1. The molecule has 2 aromatic rings. The first-order chi connectivity index (χ1) is 14.7. The molecule has 1 atom stereocenters. The van der Waals surface area contributed by atoms with Crippen LogP contribution in [0, 0.1) is 5.92 Å². The Bertz CT molecular complexity index is 905. The van der Waals surface area contributed by atoms with Crippen molar-refractivity contribution in [3.8, 4) is 5.75 Å². The number of amides is 1. The molecule has 5 rings (SSSR count). The monoisotopic (exact) mass is 427 g/mol. The Kier molecular flexibility index (Phi) is 5.58. The van der Waals surface area contributed by atoms with Crippen LogP contribution in [0.25, 0.3) is 0 Å². The lowest BCUT2D eigenvalue weighted by atomic mass is 10.00. The first-order valence-electron chi connectivity index (χ1n) is 11.0. The van der Waals surface area contributed by atoms with Crippen LogP contribution < -0.4 is 15.0 Å². The predicted octanol–water partition coefficient (Wildman–Crippen LogP) is 3.58. The normalized spacial score (nSPS) is 21.8. The number of hydrogen-bond donors (Lipinski definition) is 1. The molecule has 1 saturated carbocycles. The van der Waals surface area contributed by atoms with Gasteiger partial charge in [0.1, 0.15) is 5.75 Å². The molecule has 1 N–H and O–H groups in total. The average Bonchev–Trinajstić information content (AvgIpc) is 3.52. The number of aromatic nitrogens is 3. The Morgan fingerprint density at radius 1 is 1.17 bits per heavy atom. The van der Waals surface area contributed by atoms with E-state index in [2.05, 4.69) is 31.9 Å². The van der Waals surface area contributed by atoms with Crippen LogP contribution in [0.2, 0.25) is 0 Å². The number of anilines is 1. The maximum absolute atomic E-state index is 12.7. The first-order valence-corrected chi connectivity index (χ1v) is 12.0. The van der Waals surface area contributed by atoms with Crippen molar-refractivity contribution < 1.29 is 9.53 Å². The number of carbonyl (C=O) groups is 1. The van der Waals surface area contributed by atoms with Gasteiger partial charge in [-0.15, -0.1) is 10.2 Å². The Morgan fingerprint density at radius 2 is 1.97 bits per heavy atom. The predicted molar refractivity (Wildman–Crippen MR) is 117 cm³/mol. The van der Waals surface area contributed by atoms with Crippen molar-refractivity contribution in [1.82, 2.24) is 20.1 Å². The van der Waals surface area contributed by atoms with Crippen LogP contribution in [-0.4, -0.2) is 46.1 Å². The number of carbonyl (C=O) groups excluding carboxylic acids is 1. The molecule has 0 radical (unpaired) electrons. The highest BCUT2D eigenvalue weighted by Gasteiger charge is 2.33. The highest BCUT2D eigenvalue weighted by atomic mass is 32.2. The standard InChI is InChI=1S/C22H29N5O2S/c1-15-8-11-26(12-9-15)21-24-25-22(27(21)16-6-7-16)30-14-20(28)23-18-10-13-29-19-5-3-2-4-17(18)19/h2-5,15-16,18H,6-14H2,1H3,(H,23,28). The maximum atomic E-state index is 12.7. The Morgan fingerprint density at radius 3 is 2.77 bits per heavy atom. The lowest BCUT2D eigenvalue weighted by Gasteiger charge is -2.31. The van der Waals surface area contributed by atoms with Gasteiger partial charge in [-0.1, -0.05) is 36.9 Å². The molecule has 3 aliphatic rings. The smallest absolute Gasteiger partial charge is 0.230 e. The van der Waals surface area contributed by atoms with Gasteiger partial charge in [0.2, 0.25) is 11.9 Å². The van der Waals surface area contributed by atoms with Gasteiger partial charge in [0.15, 0.2) is 5.16 Å². The molecule has 0 bridgehead atoms. The first kappa shape index (κ1) is 19.7. The summed E-state index contributed by atoms with van der Waals surface area (Å²) in [6.07, 6.45) is 5.55. The number of nitrogens with zero attached hydrogens (tertiary/aromatic N) is 4. The van der Waals surface area contributed by atoms with E-state index >= 15 is 0 Å². The number of fused-ring (bicyclic) bond motifs is 1. The van der Waals surface area contributed by atoms with E-state index in [1.807, 2.05) is 24.3 Å². The highest BCUT2D eigenvalue weighted by molar-refractivity contribution is 7.99. The Balaban J connectivity index is 1.23. The number of thioether (sulfide) groups is 1. The fraction of sp³-hybridized carbons (Fsp3) is 0.591. The zero-order valence-electron chi connectivity index (χ0n) is 17.4. The van der Waals surface area contributed by atoms with Crippen molar-refractivity contribution in [3.63, 3.8) is 0 Å². The molecule has 160 valence electrons. The molecule has 1 amide bonds. The van der Waals surface area contributed by atoms with Gasteiger partial charge in [-0.05, 0) is 37.7 Å². The lowest BCUT2D eigenvalue weighted by Crippen LogP contribution is -2.35. The van der Waals surface area contributed by atoms with Crippen LogP contribution in [0.5, 0.6) is 5.75 Å². The second-order valence-electron chi connectivity index (χ2n) is 8.64. The van der Waals surface area contributed by atoms with E-state index in [0.29, 0.717) is 18.4 Å². The van der Waals surface area contributed by atoms with Crippen LogP contribution in [-0.2, 0) is 4.79 Å². The minimum atomic E-state index is 0.00949. The Hall–Kier alpha value is -2.22. The van der Waals surface area contributed by atoms with Gasteiger partial charge >= 0.3 is 0 Å². The fourth-order valence-electron chi connectivity index (χ4n) is 4.30. The molecule has 1 saturated heterocycles. The van der Waals surface area contributed by atoms with Crippen LogP contribution in [0.15, 0.2) is 29.4 Å². The summed E-state index contributed by atoms with van der Waals surface area (Å²) in [7, 11) is 0. The molecule has 3 heterocycles. The zero-order valence-corrected chi connectivity index (χ0v) is 18.2. The van der Waals surface area contributed by atoms with E-state index in [4.69, 9.17) is 4.74 Å². The van der Waals surface area contributed by atoms with Crippen LogP contribution in [0.4, 0.5) is 5.95 Å². The number of para-hydroxylation sites is 1. The molecule has 1 aromatic carbocycles. The molecule has 1 aromatic heterocycles. The third kappa shape index (κ3) is 4.15. The van der Waals surface area contributed by atoms with Crippen molar-refractivity contribution >= 4 is 23.6 Å². The van der Waals surface area contributed by atoms with Crippen molar-refractivity contribution in [2.45, 2.75) is 56.3 Å². The van der Waals surface area contributed by atoms with E-state index in [1.54, 1.807) is 0 Å². The fourth-order valence-corrected chi connectivity index (χ4v) is 5.11. The molecule has 1 unspecified atom stereocenters. The largest absolute Gasteiger partial charge is 0.493 e. The van der Waals surface area contributed by atoms with Crippen molar-refractivity contribution in [2.75, 3.05) is 30.3 Å². The van der Waals surface area contributed by atoms with Crippen LogP contribution >= 0.6 is 11.8 Å². The second kappa shape index (κ2) is 8.49. The quantitative estimate of drug-likeness (QED) is 0.711. The molecular weight excluding hydrogens is 398 g/mol. The molecule has 7 nitrogen and oxygen atoms in total. The molecule has 30 heavy (non-hydrogen) atoms. The van der Waals surface area contributed by atoms with E-state index in [-0.39, 0.29) is 11.9 Å². The van der Waals surface area contributed by atoms with E-state index in [9.17, 15) is 4.79 Å². The van der Waals surface area contributed by atoms with Crippen molar-refractivity contribution in [2.24, 2.45) is 5.92 Å². The molecule has 2 aliphatic heterocycles. The van der Waals surface area contributed by atoms with Gasteiger partial charge in [0.25, 0.3) is 0 Å². The number of piperidine rings is 1. The summed E-state index contributed by atoms with van der Waals surface area (Å²) in [5, 5.41) is 13.0. The molecule has 1 aliphatic carbocycles. The van der Waals surface area contributed by atoms with E-state index < -0.39 is 0 Å². The van der Waals surface area contributed by atoms with Gasteiger partial charge < -0.3 is 15.0 Å². The summed E-state index contributed by atoms with van der Waals surface area (Å²) in [6, 6.07) is 8.44. The van der Waals surface area contributed by atoms with Gasteiger partial charge in [-0.2, -0.15) is 0 Å². The van der Waals surface area contributed by atoms with E-state index in [1.165, 1.54) is 37.4 Å². The average molecular weight is 428 g/mol. The molecule has 0 spiro atoms. The van der Waals surface area contributed by atoms with Crippen molar-refractivity contribution in [1.29, 1.82) is 0 Å². The van der Waals surface area contributed by atoms with Gasteiger partial charge in [0, 0.05) is 31.1 Å². The topological polar surface area (TPSA) is 72.3 Å². The van der Waals surface area contributed by atoms with Gasteiger partial charge in [-0.3, -0.25) is 9.36 Å². The summed E-state index contributed by atoms with van der Waals surface area (Å²) in [4.78, 5) is 15.1. The summed E-state index contributed by atoms with van der Waals surface area (Å²) in [6.45, 7) is 5.03. The van der Waals surface area contributed by atoms with E-state index in [0.717, 1.165) is 47.8 Å². The Labute approximate surface area is 181 Å². The summed E-state index contributed by atoms with van der Waals surface area (Å²) < 4.78 is 7.97. The third-order valence-corrected chi connectivity index (χ3v) is 7.19. The van der Waals surface area contributed by atoms with Crippen molar-refractivity contribution in [3.05, 3.63) is 29.8 Å². The lowest BCUT2D eigenvalue weighted by molar-refractivity contribution is -0.119. The summed E-state index contributed by atoms with van der Waals surface area (Å²) >= 11 is 1.50. The van der Waals surface area contributed by atoms with Gasteiger partial charge in [0.05, 0.1) is 18.4 Å². The molecular formula is C22H29N5O2S. The minimum absolute atomic E-state index is 0.00949. The summed E-state index contributed by atoms with van der Waals surface area (Å²) in [5.74, 6) is 3.02. The number of ether oxygens (including phenoxy) is 1. The number of benzene rings is 1. The maximum Gasteiger partial charge on any atom is 0.230 e. The summed E-state index contributed by atoms with van der Waals surface area (Å²) in [5.41, 5.74) is 1.06. The number of hydrogen-bond acceptors (Lipinski definition) is 6. The zero-order chi connectivity index (χ0) is 20.5. The van der Waals surface area contributed by atoms with Crippen LogP contribution in [0.3, 0.4) is 0 Å². The van der Waals surface area contributed by atoms with Gasteiger partial charge in [-0.25, -0.2) is 0 Å². The minimum Gasteiger partial charge on any atom is -0.493 e. The molecule has 2 fully saturated rings. The van der Waals surface area contributed by atoms with Crippen LogP contribution in [0.1, 0.15) is 56.7 Å². The third-order valence-electron chi connectivity index (χ3n) is 6.25. The second-order valence-corrected chi connectivity index (χ2v) is 9.58. The molecule has 8 heteroatoms. The number of rotatable bonds is 6.